The van der Waals surface area contributed by atoms with Gasteiger partial charge in [0.25, 0.3) is 10.0 Å². The highest BCUT2D eigenvalue weighted by molar-refractivity contribution is 9.10. The Morgan fingerprint density at radius 1 is 1.12 bits per heavy atom. The van der Waals surface area contributed by atoms with Crippen LogP contribution in [0.3, 0.4) is 0 Å². The van der Waals surface area contributed by atoms with Gasteiger partial charge in [-0.05, 0) is 46.3 Å². The van der Waals surface area contributed by atoms with Crippen LogP contribution in [0.5, 0.6) is 0 Å². The molecule has 9 heteroatoms. The Labute approximate surface area is 147 Å². The molecule has 0 aliphatic rings. The van der Waals surface area contributed by atoms with Crippen molar-refractivity contribution in [1.29, 1.82) is 0 Å². The van der Waals surface area contributed by atoms with Gasteiger partial charge in [0, 0.05) is 11.8 Å². The fraction of sp³-hybridized carbons (Fsp3) is 0.267. The SMILES string of the molecule is C.CC.O=Cc1cc(Br)n(S(=O)(=O)c2ccc(C(F)(F)F)cc2)c1. The van der Waals surface area contributed by atoms with E-state index in [0.717, 1.165) is 22.3 Å². The van der Waals surface area contributed by atoms with Crippen molar-refractivity contribution in [2.24, 2.45) is 0 Å². The van der Waals surface area contributed by atoms with Crippen molar-refractivity contribution in [3.63, 3.8) is 0 Å². The first-order valence-electron chi connectivity index (χ1n) is 6.42. The van der Waals surface area contributed by atoms with E-state index < -0.39 is 21.8 Å². The van der Waals surface area contributed by atoms with Gasteiger partial charge in [0.05, 0.1) is 10.5 Å². The summed E-state index contributed by atoms with van der Waals surface area (Å²) in [5.41, 5.74) is -0.820. The van der Waals surface area contributed by atoms with Crippen LogP contribution in [0.2, 0.25) is 0 Å². The highest BCUT2D eigenvalue weighted by Gasteiger charge is 2.31. The molecule has 0 atom stereocenters. The van der Waals surface area contributed by atoms with Crippen molar-refractivity contribution in [2.75, 3.05) is 0 Å². The number of carbonyl (C=O) groups excluding carboxylic acids is 1. The van der Waals surface area contributed by atoms with E-state index in [-0.39, 0.29) is 22.5 Å². The first-order chi connectivity index (χ1) is 10.7. The fourth-order valence-electron chi connectivity index (χ4n) is 1.61. The zero-order chi connectivity index (χ0) is 17.8. The van der Waals surface area contributed by atoms with Gasteiger partial charge in [-0.1, -0.05) is 21.3 Å². The van der Waals surface area contributed by atoms with Crippen LogP contribution in [-0.2, 0) is 16.2 Å². The molecule has 0 unspecified atom stereocenters. The smallest absolute Gasteiger partial charge is 0.298 e. The molecule has 0 fully saturated rings. The number of halogens is 4. The molecule has 134 valence electrons. The van der Waals surface area contributed by atoms with Crippen LogP contribution < -0.4 is 0 Å². The average molecular weight is 428 g/mol. The van der Waals surface area contributed by atoms with Crippen molar-refractivity contribution in [2.45, 2.75) is 32.3 Å². The number of aromatic nitrogens is 1. The molecule has 0 spiro atoms. The lowest BCUT2D eigenvalue weighted by atomic mass is 10.2. The molecule has 0 amide bonds. The molecule has 0 N–H and O–H groups in total. The van der Waals surface area contributed by atoms with E-state index in [1.54, 1.807) is 0 Å². The third-order valence-electron chi connectivity index (χ3n) is 2.64. The first-order valence-corrected chi connectivity index (χ1v) is 8.65. The van der Waals surface area contributed by atoms with Gasteiger partial charge in [0.1, 0.15) is 4.60 Å². The van der Waals surface area contributed by atoms with Crippen molar-refractivity contribution in [1.82, 2.24) is 3.97 Å². The van der Waals surface area contributed by atoms with Crippen LogP contribution in [-0.4, -0.2) is 18.7 Å². The number of alkyl halides is 3. The Balaban J connectivity index is 0.00000170. The topological polar surface area (TPSA) is 56.1 Å². The zero-order valence-electron chi connectivity index (χ0n) is 12.1. The van der Waals surface area contributed by atoms with E-state index in [1.165, 1.54) is 6.07 Å². The average Bonchev–Trinajstić information content (AvgIpc) is 2.90. The number of carbonyl (C=O) groups is 1. The predicted molar refractivity (Wildman–Crippen MR) is 89.6 cm³/mol. The molecule has 1 aromatic heterocycles. The second-order valence-corrected chi connectivity index (χ2v) is 6.66. The molecule has 0 aliphatic carbocycles. The van der Waals surface area contributed by atoms with E-state index in [1.807, 2.05) is 13.8 Å². The standard InChI is InChI=1S/C12H7BrF3NO3S.C2H6.CH4/c13-11-5-8(7-18)6-17(11)21(19,20)10-3-1-9(2-4-10)12(14,15)16;1-2;/h1-7H;1-2H3;1H4. The summed E-state index contributed by atoms with van der Waals surface area (Å²) in [6.07, 6.45) is -3.01. The monoisotopic (exact) mass is 427 g/mol. The van der Waals surface area contributed by atoms with Crippen LogP contribution in [0.1, 0.15) is 37.2 Å². The summed E-state index contributed by atoms with van der Waals surface area (Å²) in [5, 5.41) is 0. The summed E-state index contributed by atoms with van der Waals surface area (Å²) in [4.78, 5) is 10.3. The van der Waals surface area contributed by atoms with E-state index in [4.69, 9.17) is 0 Å². The molecule has 0 aliphatic heterocycles. The summed E-state index contributed by atoms with van der Waals surface area (Å²) >= 11 is 2.98. The summed E-state index contributed by atoms with van der Waals surface area (Å²) in [5.74, 6) is 0. The molecular weight excluding hydrogens is 411 g/mol. The first kappa shape index (κ1) is 22.4. The van der Waals surface area contributed by atoms with Gasteiger partial charge < -0.3 is 0 Å². The lowest BCUT2D eigenvalue weighted by Crippen LogP contribution is -2.13. The van der Waals surface area contributed by atoms with Gasteiger partial charge in [0.15, 0.2) is 6.29 Å². The highest BCUT2D eigenvalue weighted by Crippen LogP contribution is 2.30. The fourth-order valence-corrected chi connectivity index (χ4v) is 3.80. The van der Waals surface area contributed by atoms with Gasteiger partial charge in [0.2, 0.25) is 0 Å². The Kier molecular flexibility index (Phi) is 7.91. The number of hydrogen-bond donors (Lipinski definition) is 0. The molecular formula is C15H17BrF3NO3S. The molecule has 4 nitrogen and oxygen atoms in total. The number of rotatable bonds is 3. The minimum atomic E-state index is -4.54. The second-order valence-electron chi connectivity index (χ2n) is 4.04. The van der Waals surface area contributed by atoms with Gasteiger partial charge in [-0.15, -0.1) is 0 Å². The van der Waals surface area contributed by atoms with E-state index in [2.05, 4.69) is 15.9 Å². The van der Waals surface area contributed by atoms with Gasteiger partial charge in [-0.3, -0.25) is 4.79 Å². The van der Waals surface area contributed by atoms with E-state index in [9.17, 15) is 26.4 Å². The zero-order valence-corrected chi connectivity index (χ0v) is 14.5. The van der Waals surface area contributed by atoms with E-state index >= 15 is 0 Å². The van der Waals surface area contributed by atoms with Gasteiger partial charge in [-0.25, -0.2) is 12.4 Å². The normalized spacial score (nSPS) is 11.1. The van der Waals surface area contributed by atoms with Gasteiger partial charge >= 0.3 is 6.18 Å². The molecule has 0 saturated carbocycles. The minimum Gasteiger partial charge on any atom is -0.298 e. The number of aldehydes is 1. The number of benzene rings is 1. The summed E-state index contributed by atoms with van der Waals surface area (Å²) < 4.78 is 62.8. The van der Waals surface area contributed by atoms with Crippen LogP contribution in [0.15, 0.2) is 46.0 Å². The van der Waals surface area contributed by atoms with Crippen LogP contribution in [0, 0.1) is 0 Å². The van der Waals surface area contributed by atoms with Crippen molar-refractivity contribution < 1.29 is 26.4 Å². The Hall–Kier alpha value is -1.61. The summed E-state index contributed by atoms with van der Waals surface area (Å²) in [6.45, 7) is 4.00. The molecule has 0 bridgehead atoms. The maximum Gasteiger partial charge on any atom is 0.416 e. The summed E-state index contributed by atoms with van der Waals surface area (Å²) in [7, 11) is -4.08. The largest absolute Gasteiger partial charge is 0.416 e. The molecule has 2 aromatic rings. The lowest BCUT2D eigenvalue weighted by Gasteiger charge is -2.09. The maximum absolute atomic E-state index is 12.5. The van der Waals surface area contributed by atoms with Crippen molar-refractivity contribution >= 4 is 32.2 Å². The molecule has 24 heavy (non-hydrogen) atoms. The maximum atomic E-state index is 12.5. The number of nitrogens with zero attached hydrogens (tertiary/aromatic N) is 1. The van der Waals surface area contributed by atoms with Crippen LogP contribution in [0.25, 0.3) is 0 Å². The lowest BCUT2D eigenvalue weighted by molar-refractivity contribution is -0.137. The molecule has 0 radical (unpaired) electrons. The molecule has 2 rings (SSSR count). The Morgan fingerprint density at radius 2 is 1.62 bits per heavy atom. The Bertz CT molecular complexity index is 781. The summed E-state index contributed by atoms with van der Waals surface area (Å²) in [6, 6.07) is 4.39. The Morgan fingerprint density at radius 3 is 2.00 bits per heavy atom. The third-order valence-corrected chi connectivity index (χ3v) is 5.17. The third kappa shape index (κ3) is 4.70. The van der Waals surface area contributed by atoms with Gasteiger partial charge in [-0.2, -0.15) is 13.2 Å². The molecule has 1 heterocycles. The minimum absolute atomic E-state index is 0. The second kappa shape index (κ2) is 8.48. The quantitative estimate of drug-likeness (QED) is 0.648. The van der Waals surface area contributed by atoms with Crippen LogP contribution >= 0.6 is 15.9 Å². The molecule has 0 saturated heterocycles. The highest BCUT2D eigenvalue weighted by atomic mass is 79.9. The van der Waals surface area contributed by atoms with Crippen molar-refractivity contribution in [3.05, 3.63) is 52.3 Å². The van der Waals surface area contributed by atoms with Crippen LogP contribution in [0.4, 0.5) is 13.2 Å². The number of hydrogen-bond acceptors (Lipinski definition) is 3. The van der Waals surface area contributed by atoms with Crippen molar-refractivity contribution in [3.8, 4) is 0 Å². The molecule has 1 aromatic carbocycles. The predicted octanol–water partition coefficient (Wildman–Crippen LogP) is 4.98. The van der Waals surface area contributed by atoms with E-state index in [0.29, 0.717) is 18.4 Å².